The Balaban J connectivity index is 1.56. The Bertz CT molecular complexity index is 1070. The molecule has 0 bridgehead atoms. The molecule has 9 nitrogen and oxygen atoms in total. The van der Waals surface area contributed by atoms with E-state index in [-0.39, 0.29) is 24.2 Å². The molecular weight excluding hydrogens is 405 g/mol. The average Bonchev–Trinajstić information content (AvgIpc) is 3.03. The van der Waals surface area contributed by atoms with E-state index in [9.17, 15) is 18.8 Å². The zero-order valence-corrected chi connectivity index (χ0v) is 17.0. The molecule has 0 saturated carbocycles. The molecule has 0 atom stereocenters. The Morgan fingerprint density at radius 1 is 1.13 bits per heavy atom. The molecule has 4 rings (SSSR count). The number of amides is 2. The Kier molecular flexibility index (Phi) is 5.88. The van der Waals surface area contributed by atoms with Gasteiger partial charge >= 0.3 is 6.09 Å². The van der Waals surface area contributed by atoms with Crippen LogP contribution >= 0.6 is 0 Å². The number of aromatic nitrogens is 2. The molecule has 0 unspecified atom stereocenters. The zero-order valence-electron chi connectivity index (χ0n) is 17.0. The summed E-state index contributed by atoms with van der Waals surface area (Å²) in [6, 6.07) is 4.37. The van der Waals surface area contributed by atoms with E-state index in [4.69, 9.17) is 5.11 Å². The summed E-state index contributed by atoms with van der Waals surface area (Å²) in [6.07, 6.45) is 1.34. The number of benzene rings is 1. The van der Waals surface area contributed by atoms with Gasteiger partial charge in [0.15, 0.2) is 0 Å². The van der Waals surface area contributed by atoms with Crippen LogP contribution in [0.25, 0.3) is 0 Å². The monoisotopic (exact) mass is 429 g/mol. The van der Waals surface area contributed by atoms with Crippen molar-refractivity contribution in [1.29, 1.82) is 0 Å². The van der Waals surface area contributed by atoms with Crippen molar-refractivity contribution in [3.05, 3.63) is 56.8 Å². The summed E-state index contributed by atoms with van der Waals surface area (Å²) in [5.41, 5.74) is 2.47. The van der Waals surface area contributed by atoms with Crippen LogP contribution in [0.1, 0.15) is 40.0 Å². The van der Waals surface area contributed by atoms with E-state index in [1.165, 1.54) is 21.9 Å². The van der Waals surface area contributed by atoms with E-state index in [0.29, 0.717) is 54.9 Å². The smallest absolute Gasteiger partial charge is 0.407 e. The SMILES string of the molecule is O=C(O)N1CCCN(C(=O)c2cc(Cc3n[nH]c(=O)c4c3NCCC4)ccc2F)CC1. The number of H-pyrrole nitrogens is 1. The second-order valence-electron chi connectivity index (χ2n) is 7.79. The van der Waals surface area contributed by atoms with E-state index in [1.54, 1.807) is 6.07 Å². The van der Waals surface area contributed by atoms with Crippen LogP contribution in [0.15, 0.2) is 23.0 Å². The second kappa shape index (κ2) is 8.75. The number of aromatic amines is 1. The van der Waals surface area contributed by atoms with Crippen LogP contribution < -0.4 is 10.9 Å². The van der Waals surface area contributed by atoms with Gasteiger partial charge in [-0.25, -0.2) is 14.3 Å². The second-order valence-corrected chi connectivity index (χ2v) is 7.79. The maximum atomic E-state index is 14.5. The number of carboxylic acid groups (broad SMARTS) is 1. The molecular formula is C21H24FN5O4. The van der Waals surface area contributed by atoms with E-state index >= 15 is 0 Å². The van der Waals surface area contributed by atoms with Crippen LogP contribution in [0.2, 0.25) is 0 Å². The van der Waals surface area contributed by atoms with Crippen LogP contribution in [-0.2, 0) is 12.8 Å². The average molecular weight is 429 g/mol. The van der Waals surface area contributed by atoms with Gasteiger partial charge in [-0.1, -0.05) is 6.07 Å². The third-order valence-electron chi connectivity index (χ3n) is 5.75. The van der Waals surface area contributed by atoms with Gasteiger partial charge in [0.05, 0.1) is 16.9 Å². The van der Waals surface area contributed by atoms with Crippen molar-refractivity contribution in [2.75, 3.05) is 38.0 Å². The van der Waals surface area contributed by atoms with Gasteiger partial charge in [-0.3, -0.25) is 9.59 Å². The van der Waals surface area contributed by atoms with Gasteiger partial charge in [0.2, 0.25) is 0 Å². The van der Waals surface area contributed by atoms with Crippen molar-refractivity contribution in [3.63, 3.8) is 0 Å². The summed E-state index contributed by atoms with van der Waals surface area (Å²) < 4.78 is 14.5. The Hall–Kier alpha value is -3.43. The lowest BCUT2D eigenvalue weighted by molar-refractivity contribution is 0.0754. The minimum Gasteiger partial charge on any atom is -0.465 e. The normalized spacial score (nSPS) is 16.3. The Morgan fingerprint density at radius 2 is 1.90 bits per heavy atom. The molecule has 1 fully saturated rings. The van der Waals surface area contributed by atoms with E-state index < -0.39 is 17.8 Å². The fourth-order valence-electron chi connectivity index (χ4n) is 4.10. The zero-order chi connectivity index (χ0) is 22.0. The van der Waals surface area contributed by atoms with Crippen LogP contribution in [0.4, 0.5) is 14.9 Å². The lowest BCUT2D eigenvalue weighted by Crippen LogP contribution is -2.37. The fourth-order valence-corrected chi connectivity index (χ4v) is 4.10. The van der Waals surface area contributed by atoms with Gasteiger partial charge in [0, 0.05) is 44.7 Å². The van der Waals surface area contributed by atoms with Gasteiger partial charge < -0.3 is 20.2 Å². The molecule has 2 aromatic rings. The van der Waals surface area contributed by atoms with Crippen LogP contribution in [0.5, 0.6) is 0 Å². The van der Waals surface area contributed by atoms with Gasteiger partial charge in [0.1, 0.15) is 5.82 Å². The topological polar surface area (TPSA) is 119 Å². The number of hydrogen-bond acceptors (Lipinski definition) is 5. The predicted molar refractivity (Wildman–Crippen MR) is 111 cm³/mol. The van der Waals surface area contributed by atoms with E-state index in [0.717, 1.165) is 13.0 Å². The lowest BCUT2D eigenvalue weighted by atomic mass is 9.99. The molecule has 3 N–H and O–H groups in total. The third-order valence-corrected chi connectivity index (χ3v) is 5.75. The number of hydrogen-bond donors (Lipinski definition) is 3. The Labute approximate surface area is 177 Å². The number of halogens is 1. The molecule has 1 aromatic carbocycles. The van der Waals surface area contributed by atoms with Crippen molar-refractivity contribution in [2.24, 2.45) is 0 Å². The predicted octanol–water partition coefficient (Wildman–Crippen LogP) is 1.68. The van der Waals surface area contributed by atoms with Crippen LogP contribution in [-0.4, -0.2) is 69.8 Å². The minimum absolute atomic E-state index is 0.0486. The molecule has 1 saturated heterocycles. The quantitative estimate of drug-likeness (QED) is 0.683. The maximum Gasteiger partial charge on any atom is 0.407 e. The summed E-state index contributed by atoms with van der Waals surface area (Å²) in [4.78, 5) is 38.9. The first-order chi connectivity index (χ1) is 14.9. The van der Waals surface area contributed by atoms with Crippen molar-refractivity contribution in [1.82, 2.24) is 20.0 Å². The highest BCUT2D eigenvalue weighted by molar-refractivity contribution is 5.94. The molecule has 164 valence electrons. The number of nitrogens with one attached hydrogen (secondary N) is 2. The number of carbonyl (C=O) groups excluding carboxylic acids is 1. The summed E-state index contributed by atoms with van der Waals surface area (Å²) in [5, 5.41) is 19.1. The summed E-state index contributed by atoms with van der Waals surface area (Å²) in [5.74, 6) is -1.08. The molecule has 2 aliphatic rings. The van der Waals surface area contributed by atoms with Gasteiger partial charge in [-0.15, -0.1) is 0 Å². The fraction of sp³-hybridized carbons (Fsp3) is 0.429. The number of nitrogens with zero attached hydrogens (tertiary/aromatic N) is 3. The largest absolute Gasteiger partial charge is 0.465 e. The number of carbonyl (C=O) groups is 2. The molecule has 0 spiro atoms. The standard InChI is InChI=1S/C21H24FN5O4/c22-16-5-4-13(12-17-18-14(3-1-6-23-18)19(28)25-24-17)11-15(16)20(29)26-7-2-8-27(10-9-26)21(30)31/h4-5,11,23H,1-3,6-10,12H2,(H,25,28)(H,30,31). The van der Waals surface area contributed by atoms with Crippen molar-refractivity contribution in [3.8, 4) is 0 Å². The lowest BCUT2D eigenvalue weighted by Gasteiger charge is -2.22. The molecule has 3 heterocycles. The molecule has 31 heavy (non-hydrogen) atoms. The molecule has 2 aliphatic heterocycles. The third kappa shape index (κ3) is 4.37. The first-order valence-electron chi connectivity index (χ1n) is 10.3. The van der Waals surface area contributed by atoms with E-state index in [2.05, 4.69) is 15.5 Å². The molecule has 10 heteroatoms. The van der Waals surface area contributed by atoms with Crippen molar-refractivity contribution >= 4 is 17.7 Å². The molecule has 2 amide bonds. The molecule has 0 radical (unpaired) electrons. The number of anilines is 1. The van der Waals surface area contributed by atoms with Gasteiger partial charge in [-0.05, 0) is 37.0 Å². The number of fused-ring (bicyclic) bond motifs is 1. The van der Waals surface area contributed by atoms with Gasteiger partial charge in [0.25, 0.3) is 11.5 Å². The van der Waals surface area contributed by atoms with Gasteiger partial charge in [-0.2, -0.15) is 5.10 Å². The molecule has 1 aromatic heterocycles. The van der Waals surface area contributed by atoms with Crippen LogP contribution in [0, 0.1) is 5.82 Å². The van der Waals surface area contributed by atoms with Crippen LogP contribution in [0.3, 0.4) is 0 Å². The molecule has 0 aliphatic carbocycles. The van der Waals surface area contributed by atoms with Crippen molar-refractivity contribution in [2.45, 2.75) is 25.7 Å². The summed E-state index contributed by atoms with van der Waals surface area (Å²) in [7, 11) is 0. The Morgan fingerprint density at radius 3 is 2.71 bits per heavy atom. The number of rotatable bonds is 3. The summed E-state index contributed by atoms with van der Waals surface area (Å²) >= 11 is 0. The highest BCUT2D eigenvalue weighted by atomic mass is 19.1. The maximum absolute atomic E-state index is 14.5. The first kappa shape index (κ1) is 20.8. The minimum atomic E-state index is -1.02. The van der Waals surface area contributed by atoms with Crippen molar-refractivity contribution < 1.29 is 19.1 Å². The summed E-state index contributed by atoms with van der Waals surface area (Å²) in [6.45, 7) is 1.87. The van der Waals surface area contributed by atoms with E-state index in [1.807, 2.05) is 0 Å². The highest BCUT2D eigenvalue weighted by Crippen LogP contribution is 2.24. The first-order valence-corrected chi connectivity index (χ1v) is 10.3. The highest BCUT2D eigenvalue weighted by Gasteiger charge is 2.25.